The number of hydrazine groups is 1. The van der Waals surface area contributed by atoms with Crippen molar-refractivity contribution in [2.75, 3.05) is 33.2 Å². The maximum absolute atomic E-state index is 3.76. The van der Waals surface area contributed by atoms with E-state index in [4.69, 9.17) is 0 Å². The van der Waals surface area contributed by atoms with E-state index in [0.717, 1.165) is 25.9 Å². The SMILES string of the molecule is CCCCC/C=C\C/C=C\CCCCCCCCN(CCCCCCCC/C=C\C/C=C\CCCCC)NCCCCNC. The predicted octanol–water partition coefficient (Wildman–Crippen LogP) is 12.4. The van der Waals surface area contributed by atoms with Crippen molar-refractivity contribution in [1.82, 2.24) is 15.8 Å². The molecule has 3 nitrogen and oxygen atoms in total. The van der Waals surface area contributed by atoms with E-state index in [1.807, 2.05) is 0 Å². The van der Waals surface area contributed by atoms with Crippen molar-refractivity contribution in [3.63, 3.8) is 0 Å². The second-order valence-corrected chi connectivity index (χ2v) is 12.9. The van der Waals surface area contributed by atoms with Crippen molar-refractivity contribution in [3.05, 3.63) is 48.6 Å². The summed E-state index contributed by atoms with van der Waals surface area (Å²) in [5.74, 6) is 0. The van der Waals surface area contributed by atoms with Crippen LogP contribution in [0.25, 0.3) is 0 Å². The molecular formula is C41H79N3. The molecule has 0 aromatic carbocycles. The number of nitrogens with one attached hydrogen (secondary N) is 2. The molecule has 0 amide bonds. The Bertz CT molecular complexity index is 588. The molecule has 258 valence electrons. The van der Waals surface area contributed by atoms with Crippen molar-refractivity contribution in [2.45, 2.75) is 181 Å². The number of rotatable bonds is 36. The zero-order valence-electron chi connectivity index (χ0n) is 30.3. The monoisotopic (exact) mass is 614 g/mol. The molecule has 0 rings (SSSR count). The van der Waals surface area contributed by atoms with E-state index in [2.05, 4.69) is 85.3 Å². The summed E-state index contributed by atoms with van der Waals surface area (Å²) in [7, 11) is 2.05. The summed E-state index contributed by atoms with van der Waals surface area (Å²) < 4.78 is 0. The fourth-order valence-corrected chi connectivity index (χ4v) is 5.52. The second kappa shape index (κ2) is 39.9. The minimum absolute atomic E-state index is 1.11. The third kappa shape index (κ3) is 37.0. The van der Waals surface area contributed by atoms with Crippen molar-refractivity contribution in [1.29, 1.82) is 0 Å². The van der Waals surface area contributed by atoms with Crippen LogP contribution in [0, 0.1) is 0 Å². The van der Waals surface area contributed by atoms with E-state index in [-0.39, 0.29) is 0 Å². The van der Waals surface area contributed by atoms with Crippen LogP contribution in [0.2, 0.25) is 0 Å². The van der Waals surface area contributed by atoms with E-state index >= 15 is 0 Å². The van der Waals surface area contributed by atoms with Gasteiger partial charge in [-0.05, 0) is 103 Å². The molecule has 0 heterocycles. The van der Waals surface area contributed by atoms with Crippen LogP contribution in [0.15, 0.2) is 48.6 Å². The van der Waals surface area contributed by atoms with Crippen LogP contribution < -0.4 is 10.7 Å². The van der Waals surface area contributed by atoms with Gasteiger partial charge in [0.15, 0.2) is 0 Å². The van der Waals surface area contributed by atoms with Crippen LogP contribution in [-0.2, 0) is 0 Å². The zero-order chi connectivity index (χ0) is 31.9. The van der Waals surface area contributed by atoms with E-state index < -0.39 is 0 Å². The molecule has 2 N–H and O–H groups in total. The third-order valence-electron chi connectivity index (χ3n) is 8.45. The first-order valence-corrected chi connectivity index (χ1v) is 19.6. The molecular weight excluding hydrogens is 534 g/mol. The van der Waals surface area contributed by atoms with Gasteiger partial charge in [-0.1, -0.05) is 140 Å². The van der Waals surface area contributed by atoms with E-state index in [0.29, 0.717) is 0 Å². The minimum atomic E-state index is 1.11. The van der Waals surface area contributed by atoms with Crippen LogP contribution in [0.3, 0.4) is 0 Å². The highest BCUT2D eigenvalue weighted by atomic mass is 15.5. The average molecular weight is 614 g/mol. The molecule has 0 radical (unpaired) electrons. The van der Waals surface area contributed by atoms with Gasteiger partial charge in [-0.3, -0.25) is 5.43 Å². The van der Waals surface area contributed by atoms with Gasteiger partial charge in [0.25, 0.3) is 0 Å². The molecule has 0 saturated carbocycles. The van der Waals surface area contributed by atoms with Crippen molar-refractivity contribution < 1.29 is 0 Å². The highest BCUT2D eigenvalue weighted by Gasteiger charge is 2.04. The molecule has 0 aliphatic rings. The lowest BCUT2D eigenvalue weighted by Gasteiger charge is -2.23. The first-order valence-electron chi connectivity index (χ1n) is 19.6. The lowest BCUT2D eigenvalue weighted by Crippen LogP contribution is -2.40. The normalized spacial score (nSPS) is 12.5. The molecule has 0 atom stereocenters. The Labute approximate surface area is 277 Å². The lowest BCUT2D eigenvalue weighted by molar-refractivity contribution is 0.177. The van der Waals surface area contributed by atoms with E-state index in [1.54, 1.807) is 0 Å². The molecule has 0 aliphatic carbocycles. The minimum Gasteiger partial charge on any atom is -0.320 e. The third-order valence-corrected chi connectivity index (χ3v) is 8.45. The van der Waals surface area contributed by atoms with Gasteiger partial charge in [0, 0.05) is 19.6 Å². The van der Waals surface area contributed by atoms with Crippen molar-refractivity contribution in [2.24, 2.45) is 0 Å². The maximum atomic E-state index is 3.76. The van der Waals surface area contributed by atoms with Gasteiger partial charge in [0.2, 0.25) is 0 Å². The van der Waals surface area contributed by atoms with Crippen LogP contribution >= 0.6 is 0 Å². The summed E-state index contributed by atoms with van der Waals surface area (Å²) >= 11 is 0. The Balaban J connectivity index is 3.82. The molecule has 0 fully saturated rings. The van der Waals surface area contributed by atoms with Crippen molar-refractivity contribution in [3.8, 4) is 0 Å². The number of nitrogens with zero attached hydrogens (tertiary/aromatic N) is 1. The maximum Gasteiger partial charge on any atom is 0.0130 e. The molecule has 44 heavy (non-hydrogen) atoms. The Hall–Kier alpha value is -1.16. The molecule has 0 aromatic heterocycles. The van der Waals surface area contributed by atoms with Gasteiger partial charge in [-0.2, -0.15) is 0 Å². The average Bonchev–Trinajstić information content (AvgIpc) is 3.03. The molecule has 0 aliphatic heterocycles. The van der Waals surface area contributed by atoms with Crippen LogP contribution in [0.4, 0.5) is 0 Å². The number of hydrogen-bond donors (Lipinski definition) is 2. The lowest BCUT2D eigenvalue weighted by atomic mass is 10.1. The standard InChI is InChI=1S/C41H79N3/c1-4-6-8-10-12-14-16-18-20-22-24-26-28-30-32-36-40-44(43-39-35-34-38-42-3)41-37-33-31-29-27-25-23-21-19-17-15-13-11-9-7-5-2/h12-15,18-21,42-43H,4-11,16-17,22-41H2,1-3H3/b14-12-,15-13-,20-18-,21-19-. The summed E-state index contributed by atoms with van der Waals surface area (Å²) in [6.07, 6.45) is 53.2. The number of allylic oxidation sites excluding steroid dienone is 8. The first kappa shape index (κ1) is 42.8. The number of unbranched alkanes of at least 4 members (excludes halogenated alkanes) is 19. The van der Waals surface area contributed by atoms with E-state index in [1.165, 1.54) is 167 Å². The van der Waals surface area contributed by atoms with Crippen LogP contribution in [-0.4, -0.2) is 38.2 Å². The summed E-state index contributed by atoms with van der Waals surface area (Å²) in [5.41, 5.74) is 3.76. The van der Waals surface area contributed by atoms with Gasteiger partial charge in [0.1, 0.15) is 0 Å². The molecule has 0 aromatic rings. The molecule has 0 spiro atoms. The van der Waals surface area contributed by atoms with Gasteiger partial charge >= 0.3 is 0 Å². The zero-order valence-corrected chi connectivity index (χ0v) is 30.3. The Morgan fingerprint density at radius 3 is 1.16 bits per heavy atom. The van der Waals surface area contributed by atoms with Gasteiger partial charge < -0.3 is 5.32 Å². The molecule has 3 heteroatoms. The summed E-state index contributed by atoms with van der Waals surface area (Å²) in [6.45, 7) is 9.20. The van der Waals surface area contributed by atoms with Crippen molar-refractivity contribution >= 4 is 0 Å². The Morgan fingerprint density at radius 2 is 0.750 bits per heavy atom. The fourth-order valence-electron chi connectivity index (χ4n) is 5.52. The largest absolute Gasteiger partial charge is 0.320 e. The quantitative estimate of drug-likeness (QED) is 0.0418. The van der Waals surface area contributed by atoms with Gasteiger partial charge in [0.05, 0.1) is 0 Å². The Kier molecular flexibility index (Phi) is 38.8. The highest BCUT2D eigenvalue weighted by Crippen LogP contribution is 2.11. The molecule has 0 unspecified atom stereocenters. The van der Waals surface area contributed by atoms with Gasteiger partial charge in [-0.15, -0.1) is 0 Å². The molecule has 0 saturated heterocycles. The van der Waals surface area contributed by atoms with E-state index in [9.17, 15) is 0 Å². The highest BCUT2D eigenvalue weighted by molar-refractivity contribution is 4.93. The van der Waals surface area contributed by atoms with Crippen LogP contribution in [0.5, 0.6) is 0 Å². The summed E-state index contributed by atoms with van der Waals surface area (Å²) in [4.78, 5) is 0. The fraction of sp³-hybridized carbons (Fsp3) is 0.805. The molecule has 0 bridgehead atoms. The summed E-state index contributed by atoms with van der Waals surface area (Å²) in [5, 5.41) is 5.82. The van der Waals surface area contributed by atoms with Crippen LogP contribution in [0.1, 0.15) is 181 Å². The Morgan fingerprint density at radius 1 is 0.386 bits per heavy atom. The first-order chi connectivity index (χ1) is 21.8. The smallest absolute Gasteiger partial charge is 0.0130 e. The number of hydrogen-bond acceptors (Lipinski definition) is 3. The second-order valence-electron chi connectivity index (χ2n) is 12.9. The topological polar surface area (TPSA) is 27.3 Å². The predicted molar refractivity (Wildman–Crippen MR) is 201 cm³/mol. The van der Waals surface area contributed by atoms with Gasteiger partial charge in [-0.25, -0.2) is 5.01 Å². The summed E-state index contributed by atoms with van der Waals surface area (Å²) in [6, 6.07) is 0.